The molecule has 1 aromatic heterocycles. The summed E-state index contributed by atoms with van der Waals surface area (Å²) in [7, 11) is 0. The van der Waals surface area contributed by atoms with E-state index in [0.717, 1.165) is 30.5 Å². The van der Waals surface area contributed by atoms with Gasteiger partial charge in [-0.3, -0.25) is 4.99 Å². The van der Waals surface area contributed by atoms with Crippen LogP contribution in [-0.4, -0.2) is 54.4 Å². The summed E-state index contributed by atoms with van der Waals surface area (Å²) in [6.45, 7) is 5.29. The van der Waals surface area contributed by atoms with E-state index in [1.54, 1.807) is 0 Å². The number of guanidine groups is 1. The molecule has 5 atom stereocenters. The van der Waals surface area contributed by atoms with Crippen LogP contribution >= 0.6 is 46.9 Å². The monoisotopic (exact) mass is 497 g/mol. The van der Waals surface area contributed by atoms with Crippen molar-refractivity contribution in [2.24, 2.45) is 16.8 Å². The fourth-order valence-corrected chi connectivity index (χ4v) is 5.37. The lowest BCUT2D eigenvalue weighted by molar-refractivity contribution is 0.0766. The molecule has 0 aliphatic carbocycles. The van der Waals surface area contributed by atoms with E-state index in [1.165, 1.54) is 24.2 Å². The minimum absolute atomic E-state index is 0. The van der Waals surface area contributed by atoms with Crippen molar-refractivity contribution in [1.29, 1.82) is 0 Å². The molecule has 2 N–H and O–H groups in total. The van der Waals surface area contributed by atoms with Gasteiger partial charge in [-0.05, 0) is 31.9 Å². The van der Waals surface area contributed by atoms with Crippen molar-refractivity contribution in [3.8, 4) is 0 Å². The molecule has 0 radical (unpaired) electrons. The summed E-state index contributed by atoms with van der Waals surface area (Å²) in [5, 5.41) is 13.7. The zero-order valence-corrected chi connectivity index (χ0v) is 18.1. The number of aliphatic hydroxyl groups is 1. The first-order valence-electron chi connectivity index (χ1n) is 8.77. The van der Waals surface area contributed by atoms with Gasteiger partial charge < -0.3 is 20.1 Å². The summed E-state index contributed by atoms with van der Waals surface area (Å²) in [5.41, 5.74) is 0. The largest absolute Gasteiger partial charge is 0.386 e. The number of rotatable bonds is 4. The van der Waals surface area contributed by atoms with E-state index < -0.39 is 6.10 Å². The highest BCUT2D eigenvalue weighted by molar-refractivity contribution is 14.0. The van der Waals surface area contributed by atoms with E-state index in [-0.39, 0.29) is 24.0 Å². The second-order valence-corrected chi connectivity index (χ2v) is 8.62. The van der Waals surface area contributed by atoms with E-state index in [9.17, 15) is 5.11 Å². The van der Waals surface area contributed by atoms with Crippen LogP contribution in [0.1, 0.15) is 30.7 Å². The SMILES string of the molecule is CCNC(=NCC(O)c1ccc(Cl)s1)N1CC2C3CCC(O3)C2C1.I. The lowest BCUT2D eigenvalue weighted by Gasteiger charge is -2.23. The van der Waals surface area contributed by atoms with E-state index in [2.05, 4.69) is 22.1 Å². The molecule has 4 rings (SSSR count). The molecule has 5 unspecified atom stereocenters. The normalized spacial score (nSPS) is 31.8. The molecule has 0 spiro atoms. The second kappa shape index (κ2) is 8.29. The van der Waals surface area contributed by atoms with E-state index >= 15 is 0 Å². The quantitative estimate of drug-likeness (QED) is 0.381. The Hall–Kier alpha value is -0.0900. The number of nitrogens with zero attached hydrogens (tertiary/aromatic N) is 2. The highest BCUT2D eigenvalue weighted by Crippen LogP contribution is 2.47. The molecule has 3 aliphatic rings. The van der Waals surface area contributed by atoms with Gasteiger partial charge >= 0.3 is 0 Å². The molecule has 140 valence electrons. The Labute approximate surface area is 174 Å². The number of thiophene rings is 1. The van der Waals surface area contributed by atoms with Crippen molar-refractivity contribution in [2.45, 2.75) is 38.1 Å². The zero-order chi connectivity index (χ0) is 16.7. The van der Waals surface area contributed by atoms with Crippen molar-refractivity contribution in [1.82, 2.24) is 10.2 Å². The Bertz CT molecular complexity index is 611. The second-order valence-electron chi connectivity index (χ2n) is 6.88. The maximum absolute atomic E-state index is 10.3. The lowest BCUT2D eigenvalue weighted by atomic mass is 9.82. The van der Waals surface area contributed by atoms with Crippen LogP contribution in [0.4, 0.5) is 0 Å². The van der Waals surface area contributed by atoms with Crippen LogP contribution in [0, 0.1) is 11.8 Å². The van der Waals surface area contributed by atoms with Crippen LogP contribution in [0.5, 0.6) is 0 Å². The summed E-state index contributed by atoms with van der Waals surface area (Å²) < 4.78 is 6.74. The number of nitrogens with one attached hydrogen (secondary N) is 1. The minimum atomic E-state index is -0.599. The number of hydrogen-bond donors (Lipinski definition) is 2. The Balaban J connectivity index is 0.00000182. The molecule has 8 heteroatoms. The van der Waals surface area contributed by atoms with Gasteiger partial charge in [-0.15, -0.1) is 35.3 Å². The molecule has 2 bridgehead atoms. The molecular weight excluding hydrogens is 473 g/mol. The van der Waals surface area contributed by atoms with Crippen LogP contribution in [0.15, 0.2) is 17.1 Å². The van der Waals surface area contributed by atoms with Gasteiger partial charge in [0.15, 0.2) is 5.96 Å². The van der Waals surface area contributed by atoms with E-state index in [0.29, 0.717) is 34.9 Å². The van der Waals surface area contributed by atoms with Crippen LogP contribution in [0.2, 0.25) is 4.34 Å². The van der Waals surface area contributed by atoms with E-state index in [1.807, 2.05) is 12.1 Å². The van der Waals surface area contributed by atoms with Gasteiger partial charge in [-0.25, -0.2) is 0 Å². The number of aliphatic imine (C=N–C) groups is 1. The van der Waals surface area contributed by atoms with Crippen molar-refractivity contribution < 1.29 is 9.84 Å². The molecule has 0 aromatic carbocycles. The highest BCUT2D eigenvalue weighted by atomic mass is 127. The van der Waals surface area contributed by atoms with Crippen LogP contribution < -0.4 is 5.32 Å². The predicted octanol–water partition coefficient (Wildman–Crippen LogP) is 3.13. The highest BCUT2D eigenvalue weighted by Gasteiger charge is 2.53. The Morgan fingerprint density at radius 3 is 2.64 bits per heavy atom. The Morgan fingerprint density at radius 2 is 2.08 bits per heavy atom. The average Bonchev–Trinajstić information content (AvgIpc) is 3.31. The molecule has 0 saturated carbocycles. The third-order valence-electron chi connectivity index (χ3n) is 5.42. The summed E-state index contributed by atoms with van der Waals surface area (Å²) in [4.78, 5) is 7.90. The maximum Gasteiger partial charge on any atom is 0.194 e. The van der Waals surface area contributed by atoms with Crippen molar-refractivity contribution in [3.63, 3.8) is 0 Å². The number of halogens is 2. The number of likely N-dealkylation sites (tertiary alicyclic amines) is 1. The summed E-state index contributed by atoms with van der Waals surface area (Å²) in [6.07, 6.45) is 2.73. The summed E-state index contributed by atoms with van der Waals surface area (Å²) >= 11 is 7.36. The number of hydrogen-bond acceptors (Lipinski definition) is 4. The Morgan fingerprint density at radius 1 is 1.40 bits per heavy atom. The van der Waals surface area contributed by atoms with Crippen molar-refractivity contribution in [2.75, 3.05) is 26.2 Å². The first-order valence-corrected chi connectivity index (χ1v) is 9.97. The molecule has 0 amide bonds. The number of fused-ring (bicyclic) bond motifs is 5. The third kappa shape index (κ3) is 3.95. The van der Waals surface area contributed by atoms with Gasteiger partial charge in [0.25, 0.3) is 0 Å². The van der Waals surface area contributed by atoms with Gasteiger partial charge in [0.2, 0.25) is 0 Å². The van der Waals surface area contributed by atoms with Crippen molar-refractivity contribution >= 4 is 52.9 Å². The molecule has 3 saturated heterocycles. The fourth-order valence-electron chi connectivity index (χ4n) is 4.33. The summed E-state index contributed by atoms with van der Waals surface area (Å²) in [6, 6.07) is 3.69. The van der Waals surface area contributed by atoms with Crippen molar-refractivity contribution in [3.05, 3.63) is 21.3 Å². The fraction of sp³-hybridized carbons (Fsp3) is 0.706. The number of ether oxygens (including phenoxy) is 1. The van der Waals surface area contributed by atoms with Gasteiger partial charge in [0.05, 0.1) is 23.1 Å². The first-order chi connectivity index (χ1) is 11.7. The van der Waals surface area contributed by atoms with Crippen LogP contribution in [0.3, 0.4) is 0 Å². The maximum atomic E-state index is 10.3. The standard InChI is InChI=1S/C17H24ClN3O2S.HI/c1-2-19-17(20-7-12(22)15-5-6-16(18)24-15)21-8-10-11(9-21)14-4-3-13(10)23-14;/h5-6,10-14,22H,2-4,7-9H2,1H3,(H,19,20);1H. The van der Waals surface area contributed by atoms with Crippen LogP contribution in [-0.2, 0) is 4.74 Å². The molecule has 25 heavy (non-hydrogen) atoms. The van der Waals surface area contributed by atoms with Gasteiger partial charge in [-0.2, -0.15) is 0 Å². The molecule has 3 aliphatic heterocycles. The lowest BCUT2D eigenvalue weighted by Crippen LogP contribution is -2.41. The Kier molecular flexibility index (Phi) is 6.52. The topological polar surface area (TPSA) is 57.1 Å². The third-order valence-corrected chi connectivity index (χ3v) is 6.76. The minimum Gasteiger partial charge on any atom is -0.386 e. The summed E-state index contributed by atoms with van der Waals surface area (Å²) in [5.74, 6) is 2.20. The van der Waals surface area contributed by atoms with E-state index in [4.69, 9.17) is 16.3 Å². The molecule has 5 nitrogen and oxygen atoms in total. The average molecular weight is 498 g/mol. The predicted molar refractivity (Wildman–Crippen MR) is 112 cm³/mol. The van der Waals surface area contributed by atoms with Gasteiger partial charge in [-0.1, -0.05) is 11.6 Å². The molecular formula is C17H25ClIN3O2S. The molecule has 3 fully saturated rings. The first kappa shape index (κ1) is 19.7. The van der Waals surface area contributed by atoms with Gasteiger partial charge in [0, 0.05) is 36.3 Å². The zero-order valence-electron chi connectivity index (χ0n) is 14.2. The molecule has 1 aromatic rings. The smallest absolute Gasteiger partial charge is 0.194 e. The van der Waals surface area contributed by atoms with Gasteiger partial charge in [0.1, 0.15) is 6.10 Å². The molecule has 4 heterocycles. The van der Waals surface area contributed by atoms with Crippen LogP contribution in [0.25, 0.3) is 0 Å². The number of aliphatic hydroxyl groups excluding tert-OH is 1.